The van der Waals surface area contributed by atoms with Crippen molar-refractivity contribution in [3.05, 3.63) is 11.8 Å². The molecule has 0 aromatic heterocycles. The highest BCUT2D eigenvalue weighted by Crippen LogP contribution is 2.49. The Kier molecular flexibility index (Phi) is 5.06. The number of alkyl halides is 3. The van der Waals surface area contributed by atoms with Crippen LogP contribution < -0.4 is 0 Å². The van der Waals surface area contributed by atoms with Gasteiger partial charge in [-0.05, 0) is 52.5 Å². The highest BCUT2D eigenvalue weighted by molar-refractivity contribution is 7.87. The summed E-state index contributed by atoms with van der Waals surface area (Å²) >= 11 is 0. The van der Waals surface area contributed by atoms with E-state index in [9.17, 15) is 26.4 Å². The van der Waals surface area contributed by atoms with Crippen molar-refractivity contribution in [1.82, 2.24) is 4.90 Å². The van der Waals surface area contributed by atoms with Gasteiger partial charge < -0.3 is 13.8 Å². The Morgan fingerprint density at radius 2 is 1.72 bits per heavy atom. The smallest absolute Gasteiger partial charge is 0.444 e. The Balaban J connectivity index is 2.05. The van der Waals surface area contributed by atoms with Gasteiger partial charge in [0.25, 0.3) is 0 Å². The number of likely N-dealkylation sites (tertiary alicyclic amines) is 1. The summed E-state index contributed by atoms with van der Waals surface area (Å²) in [5, 5.41) is 0. The third kappa shape index (κ3) is 4.39. The SMILES string of the molecule is CC(C)(C)OC(=O)N1CCC2(CCC=C2OS(=O)(=O)C(F)(F)F)CC1. The van der Waals surface area contributed by atoms with Crippen molar-refractivity contribution in [1.29, 1.82) is 0 Å². The van der Waals surface area contributed by atoms with Gasteiger partial charge in [-0.1, -0.05) is 0 Å². The van der Waals surface area contributed by atoms with Crippen LogP contribution >= 0.6 is 0 Å². The summed E-state index contributed by atoms with van der Waals surface area (Å²) in [6.07, 6.45) is 2.49. The molecule has 2 aliphatic rings. The lowest BCUT2D eigenvalue weighted by Crippen LogP contribution is -2.45. The fourth-order valence-corrected chi connectivity index (χ4v) is 3.62. The van der Waals surface area contributed by atoms with Crippen LogP contribution in [0.15, 0.2) is 11.8 Å². The number of amides is 1. The number of hydrogen-bond acceptors (Lipinski definition) is 5. The highest BCUT2D eigenvalue weighted by Gasteiger charge is 2.52. The second kappa shape index (κ2) is 6.37. The molecule has 0 aromatic carbocycles. The molecule has 1 spiro atoms. The second-order valence-electron chi connectivity index (χ2n) is 7.34. The van der Waals surface area contributed by atoms with Crippen molar-refractivity contribution in [2.45, 2.75) is 57.6 Å². The average molecular weight is 385 g/mol. The normalized spacial score (nSPS) is 21.2. The van der Waals surface area contributed by atoms with E-state index in [1.165, 1.54) is 11.0 Å². The number of hydrogen-bond donors (Lipinski definition) is 0. The molecule has 2 rings (SSSR count). The van der Waals surface area contributed by atoms with Gasteiger partial charge in [-0.15, -0.1) is 0 Å². The summed E-state index contributed by atoms with van der Waals surface area (Å²) < 4.78 is 69.9. The molecule has 144 valence electrons. The minimum Gasteiger partial charge on any atom is -0.444 e. The van der Waals surface area contributed by atoms with Gasteiger partial charge in [0, 0.05) is 18.5 Å². The number of ether oxygens (including phenoxy) is 1. The molecule has 1 aliphatic carbocycles. The molecule has 1 heterocycles. The molecule has 6 nitrogen and oxygen atoms in total. The summed E-state index contributed by atoms with van der Waals surface area (Å²) in [5.74, 6) is -0.159. The standard InChI is InChI=1S/C15H22F3NO5S/c1-13(2,3)23-12(20)19-9-7-14(8-10-19)6-4-5-11(14)24-25(21,22)15(16,17)18/h5H,4,6-10H2,1-3H3. The summed E-state index contributed by atoms with van der Waals surface area (Å²) in [6.45, 7) is 5.75. The third-order valence-electron chi connectivity index (χ3n) is 4.33. The highest BCUT2D eigenvalue weighted by atomic mass is 32.2. The van der Waals surface area contributed by atoms with E-state index in [-0.39, 0.29) is 18.8 Å². The van der Waals surface area contributed by atoms with Crippen LogP contribution in [0, 0.1) is 5.41 Å². The Labute approximate surface area is 145 Å². The van der Waals surface area contributed by atoms with Gasteiger partial charge in [-0.25, -0.2) is 4.79 Å². The van der Waals surface area contributed by atoms with Crippen LogP contribution in [0.5, 0.6) is 0 Å². The van der Waals surface area contributed by atoms with Crippen LogP contribution in [-0.4, -0.2) is 43.6 Å². The molecule has 0 saturated carbocycles. The predicted octanol–water partition coefficient (Wildman–Crippen LogP) is 3.55. The van der Waals surface area contributed by atoms with Gasteiger partial charge in [-0.2, -0.15) is 21.6 Å². The molecule has 0 atom stereocenters. The first-order valence-electron chi connectivity index (χ1n) is 7.95. The molecule has 0 radical (unpaired) electrons. The first-order valence-corrected chi connectivity index (χ1v) is 9.36. The number of piperidine rings is 1. The van der Waals surface area contributed by atoms with E-state index in [2.05, 4.69) is 4.18 Å². The summed E-state index contributed by atoms with van der Waals surface area (Å²) in [4.78, 5) is 13.5. The molecular weight excluding hydrogens is 363 g/mol. The van der Waals surface area contributed by atoms with E-state index in [4.69, 9.17) is 4.74 Å². The zero-order valence-corrected chi connectivity index (χ0v) is 15.2. The predicted molar refractivity (Wildman–Crippen MR) is 82.9 cm³/mol. The molecule has 1 fully saturated rings. The second-order valence-corrected chi connectivity index (χ2v) is 8.88. The Hall–Kier alpha value is -1.45. The number of nitrogens with zero attached hydrogens (tertiary/aromatic N) is 1. The van der Waals surface area contributed by atoms with Gasteiger partial charge in [0.15, 0.2) is 0 Å². The Morgan fingerprint density at radius 1 is 1.16 bits per heavy atom. The molecule has 1 saturated heterocycles. The van der Waals surface area contributed by atoms with E-state index >= 15 is 0 Å². The Morgan fingerprint density at radius 3 is 2.20 bits per heavy atom. The largest absolute Gasteiger partial charge is 0.534 e. The quantitative estimate of drug-likeness (QED) is 0.537. The van der Waals surface area contributed by atoms with Crippen LogP contribution in [0.25, 0.3) is 0 Å². The van der Waals surface area contributed by atoms with Crippen LogP contribution in [0.3, 0.4) is 0 Å². The van der Waals surface area contributed by atoms with Gasteiger partial charge in [0.1, 0.15) is 11.4 Å². The number of carbonyl (C=O) groups excluding carboxylic acids is 1. The number of halogens is 3. The molecule has 1 amide bonds. The minimum atomic E-state index is -5.68. The molecule has 25 heavy (non-hydrogen) atoms. The van der Waals surface area contributed by atoms with E-state index in [0.29, 0.717) is 25.7 Å². The molecule has 0 N–H and O–H groups in total. The zero-order chi connectivity index (χ0) is 19.1. The van der Waals surface area contributed by atoms with Crippen LogP contribution in [0.4, 0.5) is 18.0 Å². The summed E-state index contributed by atoms with van der Waals surface area (Å²) in [6, 6.07) is 0. The van der Waals surface area contributed by atoms with E-state index in [1.54, 1.807) is 20.8 Å². The topological polar surface area (TPSA) is 72.9 Å². The molecule has 0 aromatic rings. The molecule has 10 heteroatoms. The van der Waals surface area contributed by atoms with E-state index in [0.717, 1.165) is 0 Å². The molecule has 0 unspecified atom stereocenters. The van der Waals surface area contributed by atoms with Crippen molar-refractivity contribution in [2.75, 3.05) is 13.1 Å². The summed E-state index contributed by atoms with van der Waals surface area (Å²) in [5.41, 5.74) is -6.89. The maximum absolute atomic E-state index is 12.6. The monoisotopic (exact) mass is 385 g/mol. The Bertz CT molecular complexity index is 656. The number of rotatable bonds is 2. The first kappa shape index (κ1) is 19.9. The minimum absolute atomic E-state index is 0.159. The van der Waals surface area contributed by atoms with Crippen molar-refractivity contribution >= 4 is 16.2 Å². The lowest BCUT2D eigenvalue weighted by Gasteiger charge is -2.40. The third-order valence-corrected chi connectivity index (χ3v) is 5.30. The lowest BCUT2D eigenvalue weighted by atomic mass is 9.77. The van der Waals surface area contributed by atoms with Gasteiger partial charge in [0.05, 0.1) is 0 Å². The zero-order valence-electron chi connectivity index (χ0n) is 14.4. The van der Waals surface area contributed by atoms with Gasteiger partial charge in [-0.3, -0.25) is 0 Å². The molecule has 0 bridgehead atoms. The fourth-order valence-electron chi connectivity index (χ4n) is 3.05. The van der Waals surface area contributed by atoms with E-state index in [1.807, 2.05) is 0 Å². The lowest BCUT2D eigenvalue weighted by molar-refractivity contribution is -0.0538. The van der Waals surface area contributed by atoms with Crippen molar-refractivity contribution in [2.24, 2.45) is 5.41 Å². The van der Waals surface area contributed by atoms with Gasteiger partial charge >= 0.3 is 21.7 Å². The van der Waals surface area contributed by atoms with Gasteiger partial charge in [0.2, 0.25) is 0 Å². The number of allylic oxidation sites excluding steroid dienone is 2. The van der Waals surface area contributed by atoms with Crippen LogP contribution in [-0.2, 0) is 19.0 Å². The molecule has 1 aliphatic heterocycles. The maximum Gasteiger partial charge on any atom is 0.534 e. The average Bonchev–Trinajstić information content (AvgIpc) is 2.78. The fraction of sp³-hybridized carbons (Fsp3) is 0.800. The first-order chi connectivity index (χ1) is 11.3. The van der Waals surface area contributed by atoms with Crippen molar-refractivity contribution in [3.63, 3.8) is 0 Å². The van der Waals surface area contributed by atoms with Crippen LogP contribution in [0.2, 0.25) is 0 Å². The van der Waals surface area contributed by atoms with Crippen molar-refractivity contribution < 1.29 is 35.3 Å². The number of carbonyl (C=O) groups is 1. The van der Waals surface area contributed by atoms with Crippen molar-refractivity contribution in [3.8, 4) is 0 Å². The summed E-state index contributed by atoms with van der Waals surface area (Å²) in [7, 11) is -5.68. The van der Waals surface area contributed by atoms with Crippen LogP contribution in [0.1, 0.15) is 46.5 Å². The van der Waals surface area contributed by atoms with E-state index < -0.39 is 32.7 Å². The molecular formula is C15H22F3NO5S. The maximum atomic E-state index is 12.6.